The Morgan fingerprint density at radius 1 is 1.50 bits per heavy atom. The highest BCUT2D eigenvalue weighted by molar-refractivity contribution is 5.67. The van der Waals surface area contributed by atoms with Crippen LogP contribution in [0.1, 0.15) is 5.56 Å². The Hall–Kier alpha value is -1.62. The molecule has 0 aliphatic rings. The third-order valence-corrected chi connectivity index (χ3v) is 1.51. The number of ether oxygens (including phenoxy) is 1. The SMILES string of the molecule is O=C(NCc1ccncc1)OCCO. The number of nitrogens with one attached hydrogen (secondary N) is 1. The largest absolute Gasteiger partial charge is 0.447 e. The lowest BCUT2D eigenvalue weighted by Gasteiger charge is -2.05. The lowest BCUT2D eigenvalue weighted by Crippen LogP contribution is -2.24. The van der Waals surface area contributed by atoms with Crippen molar-refractivity contribution in [3.8, 4) is 0 Å². The molecule has 0 aromatic carbocycles. The second kappa shape index (κ2) is 5.93. The van der Waals surface area contributed by atoms with E-state index in [2.05, 4.69) is 15.0 Å². The summed E-state index contributed by atoms with van der Waals surface area (Å²) in [7, 11) is 0. The summed E-state index contributed by atoms with van der Waals surface area (Å²) < 4.78 is 4.60. The van der Waals surface area contributed by atoms with Crippen molar-refractivity contribution in [2.75, 3.05) is 13.2 Å². The summed E-state index contributed by atoms with van der Waals surface area (Å²) >= 11 is 0. The molecular weight excluding hydrogens is 184 g/mol. The molecule has 14 heavy (non-hydrogen) atoms. The van der Waals surface area contributed by atoms with Crippen molar-refractivity contribution in [3.63, 3.8) is 0 Å². The number of nitrogens with zero attached hydrogens (tertiary/aromatic N) is 1. The number of aliphatic hydroxyl groups excluding tert-OH is 1. The lowest BCUT2D eigenvalue weighted by molar-refractivity contribution is 0.119. The highest BCUT2D eigenvalue weighted by Gasteiger charge is 2.00. The van der Waals surface area contributed by atoms with Crippen LogP contribution in [0.2, 0.25) is 0 Å². The van der Waals surface area contributed by atoms with Gasteiger partial charge in [0.05, 0.1) is 6.61 Å². The van der Waals surface area contributed by atoms with E-state index in [1.807, 2.05) is 0 Å². The van der Waals surface area contributed by atoms with Gasteiger partial charge in [-0.3, -0.25) is 4.98 Å². The van der Waals surface area contributed by atoms with E-state index in [0.717, 1.165) is 5.56 Å². The first-order valence-corrected chi connectivity index (χ1v) is 4.23. The monoisotopic (exact) mass is 196 g/mol. The molecule has 0 fully saturated rings. The number of amides is 1. The van der Waals surface area contributed by atoms with Crippen LogP contribution in [0.25, 0.3) is 0 Å². The van der Waals surface area contributed by atoms with Gasteiger partial charge in [-0.2, -0.15) is 0 Å². The lowest BCUT2D eigenvalue weighted by atomic mass is 10.3. The molecule has 0 atom stereocenters. The minimum absolute atomic E-state index is 0.0161. The van der Waals surface area contributed by atoms with E-state index < -0.39 is 6.09 Å². The molecule has 0 unspecified atom stereocenters. The smallest absolute Gasteiger partial charge is 0.407 e. The van der Waals surface area contributed by atoms with Crippen LogP contribution < -0.4 is 5.32 Å². The van der Waals surface area contributed by atoms with E-state index in [-0.39, 0.29) is 13.2 Å². The molecule has 0 aliphatic carbocycles. The summed E-state index contributed by atoms with van der Waals surface area (Å²) in [6.07, 6.45) is 2.77. The normalized spacial score (nSPS) is 9.50. The number of alkyl carbamates (subject to hydrolysis) is 1. The van der Waals surface area contributed by atoms with Gasteiger partial charge in [0.25, 0.3) is 0 Å². The maximum absolute atomic E-state index is 10.9. The first-order chi connectivity index (χ1) is 6.83. The second-order valence-electron chi connectivity index (χ2n) is 2.57. The maximum atomic E-state index is 10.9. The van der Waals surface area contributed by atoms with E-state index >= 15 is 0 Å². The summed E-state index contributed by atoms with van der Waals surface area (Å²) in [6, 6.07) is 3.60. The van der Waals surface area contributed by atoms with Crippen molar-refractivity contribution < 1.29 is 14.6 Å². The van der Waals surface area contributed by atoms with Crippen LogP contribution in [0.5, 0.6) is 0 Å². The third kappa shape index (κ3) is 3.86. The van der Waals surface area contributed by atoms with E-state index in [9.17, 15) is 4.79 Å². The van der Waals surface area contributed by atoms with Gasteiger partial charge in [0, 0.05) is 18.9 Å². The van der Waals surface area contributed by atoms with Gasteiger partial charge in [-0.05, 0) is 17.7 Å². The summed E-state index contributed by atoms with van der Waals surface area (Å²) in [5, 5.41) is 10.9. The van der Waals surface area contributed by atoms with E-state index in [1.54, 1.807) is 24.5 Å². The molecule has 2 N–H and O–H groups in total. The number of hydrogen-bond acceptors (Lipinski definition) is 4. The predicted octanol–water partition coefficient (Wildman–Crippen LogP) is 0.300. The van der Waals surface area contributed by atoms with Crippen molar-refractivity contribution in [3.05, 3.63) is 30.1 Å². The first-order valence-electron chi connectivity index (χ1n) is 4.23. The maximum Gasteiger partial charge on any atom is 0.407 e. The standard InChI is InChI=1S/C9H12N2O3/c12-5-6-14-9(13)11-7-8-1-3-10-4-2-8/h1-4,12H,5-7H2,(H,11,13). The molecule has 0 spiro atoms. The van der Waals surface area contributed by atoms with Gasteiger partial charge in [-0.1, -0.05) is 0 Å². The number of aliphatic hydroxyl groups is 1. The van der Waals surface area contributed by atoms with Crippen LogP contribution in [-0.2, 0) is 11.3 Å². The van der Waals surface area contributed by atoms with E-state index in [1.165, 1.54) is 0 Å². The first kappa shape index (κ1) is 10.5. The molecular formula is C9H12N2O3. The molecule has 0 bridgehead atoms. The van der Waals surface area contributed by atoms with E-state index in [4.69, 9.17) is 5.11 Å². The van der Waals surface area contributed by atoms with Gasteiger partial charge in [0.1, 0.15) is 6.61 Å². The molecule has 0 aliphatic heterocycles. The summed E-state index contributed by atoms with van der Waals surface area (Å²) in [5.74, 6) is 0. The zero-order valence-electron chi connectivity index (χ0n) is 7.64. The van der Waals surface area contributed by atoms with Gasteiger partial charge in [-0.25, -0.2) is 4.79 Å². The number of hydrogen-bond donors (Lipinski definition) is 2. The Bertz CT molecular complexity index is 277. The Labute approximate surface area is 81.7 Å². The average Bonchev–Trinajstić information content (AvgIpc) is 2.25. The molecule has 1 heterocycles. The molecule has 1 amide bonds. The van der Waals surface area contributed by atoms with Crippen LogP contribution in [0.4, 0.5) is 4.79 Å². The molecule has 0 radical (unpaired) electrons. The van der Waals surface area contributed by atoms with Gasteiger partial charge >= 0.3 is 6.09 Å². The molecule has 1 aromatic rings. The molecule has 0 saturated heterocycles. The minimum atomic E-state index is -0.532. The number of pyridine rings is 1. The fraction of sp³-hybridized carbons (Fsp3) is 0.333. The highest BCUT2D eigenvalue weighted by Crippen LogP contribution is 1.94. The fourth-order valence-electron chi connectivity index (χ4n) is 0.864. The van der Waals surface area contributed by atoms with Crippen LogP contribution in [0.3, 0.4) is 0 Å². The van der Waals surface area contributed by atoms with Crippen molar-refractivity contribution in [1.82, 2.24) is 10.3 Å². The Morgan fingerprint density at radius 2 is 2.21 bits per heavy atom. The Kier molecular flexibility index (Phi) is 4.43. The van der Waals surface area contributed by atoms with Gasteiger partial charge in [-0.15, -0.1) is 0 Å². The molecule has 1 aromatic heterocycles. The van der Waals surface area contributed by atoms with E-state index in [0.29, 0.717) is 6.54 Å². The molecule has 76 valence electrons. The second-order valence-corrected chi connectivity index (χ2v) is 2.57. The zero-order valence-corrected chi connectivity index (χ0v) is 7.64. The summed E-state index contributed by atoms with van der Waals surface area (Å²) in [6.45, 7) is 0.248. The van der Waals surface area contributed by atoms with Crippen LogP contribution in [0.15, 0.2) is 24.5 Å². The molecule has 1 rings (SSSR count). The molecule has 5 nitrogen and oxygen atoms in total. The van der Waals surface area contributed by atoms with Crippen molar-refractivity contribution in [2.45, 2.75) is 6.54 Å². The zero-order chi connectivity index (χ0) is 10.2. The Morgan fingerprint density at radius 3 is 2.86 bits per heavy atom. The van der Waals surface area contributed by atoms with Crippen LogP contribution >= 0.6 is 0 Å². The van der Waals surface area contributed by atoms with Crippen LogP contribution in [0, 0.1) is 0 Å². The van der Waals surface area contributed by atoms with Gasteiger partial charge in [0.2, 0.25) is 0 Å². The minimum Gasteiger partial charge on any atom is -0.447 e. The number of carbonyl (C=O) groups is 1. The summed E-state index contributed by atoms with van der Waals surface area (Å²) in [5.41, 5.74) is 0.945. The van der Waals surface area contributed by atoms with Gasteiger partial charge < -0.3 is 15.2 Å². The Balaban J connectivity index is 2.24. The van der Waals surface area contributed by atoms with Crippen molar-refractivity contribution in [1.29, 1.82) is 0 Å². The number of aromatic nitrogens is 1. The summed E-state index contributed by atoms with van der Waals surface area (Å²) in [4.78, 5) is 14.8. The topological polar surface area (TPSA) is 71.5 Å². The van der Waals surface area contributed by atoms with Crippen molar-refractivity contribution >= 4 is 6.09 Å². The highest BCUT2D eigenvalue weighted by atomic mass is 16.6. The predicted molar refractivity (Wildman–Crippen MR) is 49.5 cm³/mol. The average molecular weight is 196 g/mol. The quantitative estimate of drug-likeness (QED) is 0.726. The number of carbonyl (C=O) groups excluding carboxylic acids is 1. The molecule has 5 heteroatoms. The molecule has 0 saturated carbocycles. The third-order valence-electron chi connectivity index (χ3n) is 1.51. The van der Waals surface area contributed by atoms with Gasteiger partial charge in [0.15, 0.2) is 0 Å². The van der Waals surface area contributed by atoms with Crippen molar-refractivity contribution in [2.24, 2.45) is 0 Å². The van der Waals surface area contributed by atoms with Crippen LogP contribution in [-0.4, -0.2) is 29.4 Å². The number of rotatable bonds is 4. The fourth-order valence-corrected chi connectivity index (χ4v) is 0.864.